The number of nitrogens with one attached hydrogen (secondary N) is 1. The molecule has 5 nitrogen and oxygen atoms in total. The van der Waals surface area contributed by atoms with E-state index >= 15 is 0 Å². The van der Waals surface area contributed by atoms with Crippen LogP contribution in [0.25, 0.3) is 0 Å². The Labute approximate surface area is 201 Å². The second kappa shape index (κ2) is 9.72. The van der Waals surface area contributed by atoms with Gasteiger partial charge in [-0.25, -0.2) is 8.42 Å². The summed E-state index contributed by atoms with van der Waals surface area (Å²) in [5.74, 6) is 0.562. The molecule has 6 heteroatoms. The Morgan fingerprint density at radius 2 is 1.41 bits per heavy atom. The third kappa shape index (κ3) is 4.79. The lowest BCUT2D eigenvalue weighted by Gasteiger charge is -2.38. The zero-order valence-electron chi connectivity index (χ0n) is 19.1. The Hall–Kier alpha value is -2.96. The summed E-state index contributed by atoms with van der Waals surface area (Å²) in [5, 5.41) is 3.12. The highest BCUT2D eigenvalue weighted by Gasteiger charge is 2.41. The van der Waals surface area contributed by atoms with Crippen molar-refractivity contribution < 1.29 is 13.2 Å². The quantitative estimate of drug-likeness (QED) is 0.537. The van der Waals surface area contributed by atoms with Gasteiger partial charge in [0, 0.05) is 13.1 Å². The molecule has 3 aromatic carbocycles. The molecule has 0 spiro atoms. The summed E-state index contributed by atoms with van der Waals surface area (Å²) in [6.45, 7) is 0.831. The van der Waals surface area contributed by atoms with Crippen molar-refractivity contribution in [2.45, 2.75) is 36.1 Å². The van der Waals surface area contributed by atoms with Gasteiger partial charge in [0.1, 0.15) is 0 Å². The van der Waals surface area contributed by atoms with Gasteiger partial charge in [-0.2, -0.15) is 4.31 Å². The van der Waals surface area contributed by atoms with Crippen molar-refractivity contribution >= 4 is 15.9 Å². The summed E-state index contributed by atoms with van der Waals surface area (Å²) >= 11 is 0. The maximum atomic E-state index is 13.6. The summed E-state index contributed by atoms with van der Waals surface area (Å²) in [7, 11) is -3.74. The fraction of sp³-hybridized carbons (Fsp3) is 0.321. The first-order valence-electron chi connectivity index (χ1n) is 12.0. The zero-order valence-corrected chi connectivity index (χ0v) is 19.9. The standard InChI is InChI=1S/C28H30N2O3S/c31-28(29-19-24-18-26(24)21-10-4-1-5-11-21)23-16-17-27(22-12-6-2-7-13-22)30(20-23)34(32,33)25-14-8-3-9-15-25/h1-15,23-24,26-27H,16-20H2,(H,29,31). The highest BCUT2D eigenvalue weighted by atomic mass is 32.2. The summed E-state index contributed by atoms with van der Waals surface area (Å²) in [6.07, 6.45) is 2.36. The first kappa shape index (κ1) is 22.8. The number of piperidine rings is 1. The van der Waals surface area contributed by atoms with E-state index in [1.807, 2.05) is 36.4 Å². The number of carbonyl (C=O) groups is 1. The van der Waals surface area contributed by atoms with Crippen molar-refractivity contribution in [2.75, 3.05) is 13.1 Å². The Balaban J connectivity index is 1.29. The molecule has 2 fully saturated rings. The minimum Gasteiger partial charge on any atom is -0.356 e. The maximum absolute atomic E-state index is 13.6. The maximum Gasteiger partial charge on any atom is 0.243 e. The summed E-state index contributed by atoms with van der Waals surface area (Å²) in [5.41, 5.74) is 2.29. The molecule has 1 amide bonds. The summed E-state index contributed by atoms with van der Waals surface area (Å²) < 4.78 is 28.8. The van der Waals surface area contributed by atoms with E-state index in [0.717, 1.165) is 12.0 Å². The number of nitrogens with zero attached hydrogens (tertiary/aromatic N) is 1. The van der Waals surface area contributed by atoms with E-state index < -0.39 is 10.0 Å². The van der Waals surface area contributed by atoms with Crippen molar-refractivity contribution in [3.8, 4) is 0 Å². The molecule has 0 radical (unpaired) electrons. The van der Waals surface area contributed by atoms with Crippen molar-refractivity contribution in [3.05, 3.63) is 102 Å². The van der Waals surface area contributed by atoms with Gasteiger partial charge in [-0.05, 0) is 54.4 Å². The van der Waals surface area contributed by atoms with E-state index in [1.54, 1.807) is 30.3 Å². The van der Waals surface area contributed by atoms with E-state index in [-0.39, 0.29) is 29.3 Å². The van der Waals surface area contributed by atoms with Crippen LogP contribution in [0.1, 0.15) is 42.3 Å². The van der Waals surface area contributed by atoms with Crippen LogP contribution in [-0.2, 0) is 14.8 Å². The number of rotatable bonds is 7. The molecule has 1 N–H and O–H groups in total. The predicted octanol–water partition coefficient (Wildman–Crippen LogP) is 4.75. The lowest BCUT2D eigenvalue weighted by atomic mass is 9.90. The molecule has 34 heavy (non-hydrogen) atoms. The largest absolute Gasteiger partial charge is 0.356 e. The first-order valence-corrected chi connectivity index (χ1v) is 13.4. The molecule has 4 atom stereocenters. The molecule has 1 heterocycles. The minimum atomic E-state index is -3.74. The van der Waals surface area contributed by atoms with Crippen LogP contribution in [0, 0.1) is 11.8 Å². The molecule has 5 rings (SSSR count). The third-order valence-corrected chi connectivity index (χ3v) is 9.02. The Morgan fingerprint density at radius 3 is 2.06 bits per heavy atom. The third-order valence-electron chi connectivity index (χ3n) is 7.13. The van der Waals surface area contributed by atoms with Crippen molar-refractivity contribution in [1.82, 2.24) is 9.62 Å². The molecule has 1 aliphatic carbocycles. The number of benzene rings is 3. The van der Waals surface area contributed by atoms with Gasteiger partial charge in [-0.1, -0.05) is 78.9 Å². The number of hydrogen-bond acceptors (Lipinski definition) is 3. The zero-order chi connectivity index (χ0) is 23.5. The van der Waals surface area contributed by atoms with Crippen LogP contribution in [0.2, 0.25) is 0 Å². The Kier molecular flexibility index (Phi) is 6.53. The lowest BCUT2D eigenvalue weighted by molar-refractivity contribution is -0.126. The number of hydrogen-bond donors (Lipinski definition) is 1. The molecule has 0 bridgehead atoms. The highest BCUT2D eigenvalue weighted by Crippen LogP contribution is 2.47. The van der Waals surface area contributed by atoms with Gasteiger partial charge >= 0.3 is 0 Å². The minimum absolute atomic E-state index is 0.0431. The molecule has 4 unspecified atom stereocenters. The van der Waals surface area contributed by atoms with E-state index in [2.05, 4.69) is 29.6 Å². The SMILES string of the molecule is O=C(NCC1CC1c1ccccc1)C1CCC(c2ccccc2)N(S(=O)(=O)c2ccccc2)C1. The molecule has 1 saturated carbocycles. The van der Waals surface area contributed by atoms with Gasteiger partial charge in [0.15, 0.2) is 0 Å². The van der Waals surface area contributed by atoms with Crippen LogP contribution in [0.3, 0.4) is 0 Å². The average Bonchev–Trinajstić information content (AvgIpc) is 3.68. The van der Waals surface area contributed by atoms with Crippen LogP contribution >= 0.6 is 0 Å². The van der Waals surface area contributed by atoms with Crippen LogP contribution < -0.4 is 5.32 Å². The number of carbonyl (C=O) groups excluding carboxylic acids is 1. The van der Waals surface area contributed by atoms with Gasteiger partial charge in [0.05, 0.1) is 16.9 Å². The van der Waals surface area contributed by atoms with E-state index in [4.69, 9.17) is 0 Å². The van der Waals surface area contributed by atoms with Gasteiger partial charge in [-0.15, -0.1) is 0 Å². The lowest BCUT2D eigenvalue weighted by Crippen LogP contribution is -2.47. The smallest absolute Gasteiger partial charge is 0.243 e. The van der Waals surface area contributed by atoms with Gasteiger partial charge in [-0.3, -0.25) is 4.79 Å². The van der Waals surface area contributed by atoms with Crippen molar-refractivity contribution in [3.63, 3.8) is 0 Å². The molecule has 0 aromatic heterocycles. The summed E-state index contributed by atoms with van der Waals surface area (Å²) in [6, 6.07) is 28.4. The molecular formula is C28H30N2O3S. The predicted molar refractivity (Wildman–Crippen MR) is 133 cm³/mol. The van der Waals surface area contributed by atoms with Crippen LogP contribution in [0.15, 0.2) is 95.9 Å². The molecule has 3 aromatic rings. The fourth-order valence-corrected chi connectivity index (χ4v) is 6.82. The molecule has 2 aliphatic rings. The highest BCUT2D eigenvalue weighted by molar-refractivity contribution is 7.89. The second-order valence-electron chi connectivity index (χ2n) is 9.35. The molecular weight excluding hydrogens is 444 g/mol. The topological polar surface area (TPSA) is 66.5 Å². The van der Waals surface area contributed by atoms with Crippen molar-refractivity contribution in [2.24, 2.45) is 11.8 Å². The van der Waals surface area contributed by atoms with Crippen LogP contribution in [0.5, 0.6) is 0 Å². The van der Waals surface area contributed by atoms with Gasteiger partial charge < -0.3 is 5.32 Å². The molecule has 176 valence electrons. The Bertz CT molecular complexity index is 1220. The molecule has 1 aliphatic heterocycles. The normalized spacial score (nSPS) is 24.9. The number of sulfonamides is 1. The van der Waals surface area contributed by atoms with E-state index in [1.165, 1.54) is 9.87 Å². The average molecular weight is 475 g/mol. The van der Waals surface area contributed by atoms with Gasteiger partial charge in [0.25, 0.3) is 0 Å². The number of amides is 1. The summed E-state index contributed by atoms with van der Waals surface area (Å²) in [4.78, 5) is 13.4. The second-order valence-corrected chi connectivity index (χ2v) is 11.2. The fourth-order valence-electron chi connectivity index (χ4n) is 5.11. The van der Waals surface area contributed by atoms with E-state index in [0.29, 0.717) is 31.2 Å². The van der Waals surface area contributed by atoms with Crippen LogP contribution in [-0.4, -0.2) is 31.7 Å². The van der Waals surface area contributed by atoms with Crippen LogP contribution in [0.4, 0.5) is 0 Å². The van der Waals surface area contributed by atoms with Gasteiger partial charge in [0.2, 0.25) is 15.9 Å². The first-order chi connectivity index (χ1) is 16.5. The monoisotopic (exact) mass is 474 g/mol. The van der Waals surface area contributed by atoms with E-state index in [9.17, 15) is 13.2 Å². The molecule has 1 saturated heterocycles. The van der Waals surface area contributed by atoms with Crippen molar-refractivity contribution in [1.29, 1.82) is 0 Å². The Morgan fingerprint density at radius 1 is 0.824 bits per heavy atom.